The Kier molecular flexibility index (Phi) is 5.53. The van der Waals surface area contributed by atoms with E-state index < -0.39 is 0 Å². The van der Waals surface area contributed by atoms with Crippen molar-refractivity contribution in [1.82, 2.24) is 9.78 Å². The molecular formula is C19H15Cl2N3O. The van der Waals surface area contributed by atoms with E-state index in [2.05, 4.69) is 10.4 Å². The number of amides is 1. The summed E-state index contributed by atoms with van der Waals surface area (Å²) in [5.41, 5.74) is 2.48. The number of anilines is 1. The Balaban J connectivity index is 1.71. The summed E-state index contributed by atoms with van der Waals surface area (Å²) in [4.78, 5) is 12.2. The van der Waals surface area contributed by atoms with Gasteiger partial charge in [-0.3, -0.25) is 9.48 Å². The zero-order valence-corrected chi connectivity index (χ0v) is 14.7. The van der Waals surface area contributed by atoms with Crippen molar-refractivity contribution in [3.63, 3.8) is 0 Å². The summed E-state index contributed by atoms with van der Waals surface area (Å²) in [6, 6.07) is 14.6. The fraction of sp³-hybridized carbons (Fsp3) is 0.0526. The maximum atomic E-state index is 12.2. The van der Waals surface area contributed by atoms with Crippen molar-refractivity contribution in [3.05, 3.63) is 88.2 Å². The van der Waals surface area contributed by atoms with Crippen LogP contribution in [0.2, 0.25) is 10.0 Å². The van der Waals surface area contributed by atoms with Crippen LogP contribution in [0.5, 0.6) is 0 Å². The molecule has 126 valence electrons. The molecule has 2 aromatic carbocycles. The third-order valence-corrected chi connectivity index (χ3v) is 3.92. The van der Waals surface area contributed by atoms with Gasteiger partial charge in [0, 0.05) is 34.2 Å². The quantitative estimate of drug-likeness (QED) is 0.649. The number of para-hydroxylation sites is 1. The molecule has 3 rings (SSSR count). The number of hydrogen-bond donors (Lipinski definition) is 1. The highest BCUT2D eigenvalue weighted by atomic mass is 35.5. The number of nitrogens with one attached hydrogen (secondary N) is 1. The maximum absolute atomic E-state index is 12.2. The Hall–Kier alpha value is -2.56. The lowest BCUT2D eigenvalue weighted by atomic mass is 10.1. The third-order valence-electron chi connectivity index (χ3n) is 3.48. The maximum Gasteiger partial charge on any atom is 0.248 e. The lowest BCUT2D eigenvalue weighted by Crippen LogP contribution is -2.11. The lowest BCUT2D eigenvalue weighted by Gasteiger charge is -2.10. The molecule has 0 radical (unpaired) electrons. The van der Waals surface area contributed by atoms with Crippen LogP contribution in [0, 0.1) is 0 Å². The van der Waals surface area contributed by atoms with Crippen LogP contribution in [0.15, 0.2) is 67.0 Å². The minimum absolute atomic E-state index is 0.232. The van der Waals surface area contributed by atoms with Crippen LogP contribution in [0.25, 0.3) is 6.08 Å². The van der Waals surface area contributed by atoms with Crippen LogP contribution in [0.1, 0.15) is 11.1 Å². The lowest BCUT2D eigenvalue weighted by molar-refractivity contribution is -0.111. The normalized spacial score (nSPS) is 11.0. The van der Waals surface area contributed by atoms with Gasteiger partial charge in [0.2, 0.25) is 5.91 Å². The summed E-state index contributed by atoms with van der Waals surface area (Å²) in [6.45, 7) is 0.580. The molecule has 1 amide bonds. The van der Waals surface area contributed by atoms with Gasteiger partial charge in [0.1, 0.15) is 0 Å². The molecule has 0 aliphatic heterocycles. The summed E-state index contributed by atoms with van der Waals surface area (Å²) in [6.07, 6.45) is 6.72. The van der Waals surface area contributed by atoms with Gasteiger partial charge in [-0.2, -0.15) is 5.10 Å². The van der Waals surface area contributed by atoms with E-state index in [4.69, 9.17) is 23.2 Å². The van der Waals surface area contributed by atoms with E-state index in [1.165, 1.54) is 6.08 Å². The Bertz CT molecular complexity index is 885. The Morgan fingerprint density at radius 1 is 1.12 bits per heavy atom. The highest BCUT2D eigenvalue weighted by molar-refractivity contribution is 6.34. The van der Waals surface area contributed by atoms with Crippen LogP contribution in [0.3, 0.4) is 0 Å². The molecule has 0 saturated heterocycles. The third kappa shape index (κ3) is 4.95. The van der Waals surface area contributed by atoms with E-state index in [1.807, 2.05) is 36.5 Å². The van der Waals surface area contributed by atoms with Crippen LogP contribution in [0.4, 0.5) is 5.69 Å². The van der Waals surface area contributed by atoms with Gasteiger partial charge in [-0.05, 0) is 47.5 Å². The standard InChI is InChI=1S/C19H15Cl2N3O/c20-16-10-14(11-17(21)12-16)6-7-19(25)23-18-5-2-1-4-15(18)13-24-9-3-8-22-24/h1-12H,13H2,(H,23,25). The Morgan fingerprint density at radius 2 is 1.88 bits per heavy atom. The molecule has 0 saturated carbocycles. The minimum Gasteiger partial charge on any atom is -0.322 e. The Labute approximate surface area is 155 Å². The number of aromatic nitrogens is 2. The van der Waals surface area contributed by atoms with Gasteiger partial charge in [0.15, 0.2) is 0 Å². The van der Waals surface area contributed by atoms with Gasteiger partial charge < -0.3 is 5.32 Å². The van der Waals surface area contributed by atoms with E-state index >= 15 is 0 Å². The molecule has 0 aliphatic carbocycles. The summed E-state index contributed by atoms with van der Waals surface area (Å²) in [5.74, 6) is -0.232. The zero-order valence-electron chi connectivity index (χ0n) is 13.2. The van der Waals surface area contributed by atoms with Crippen molar-refractivity contribution in [2.75, 3.05) is 5.32 Å². The monoisotopic (exact) mass is 371 g/mol. The topological polar surface area (TPSA) is 46.9 Å². The first-order valence-electron chi connectivity index (χ1n) is 7.61. The Morgan fingerprint density at radius 3 is 2.60 bits per heavy atom. The van der Waals surface area contributed by atoms with Gasteiger partial charge in [-0.1, -0.05) is 41.4 Å². The van der Waals surface area contributed by atoms with Crippen molar-refractivity contribution >= 4 is 40.9 Å². The van der Waals surface area contributed by atoms with Gasteiger partial charge in [0.25, 0.3) is 0 Å². The van der Waals surface area contributed by atoms with E-state index in [-0.39, 0.29) is 5.91 Å². The zero-order chi connectivity index (χ0) is 17.6. The number of carbonyl (C=O) groups is 1. The molecule has 0 atom stereocenters. The second-order valence-electron chi connectivity index (χ2n) is 5.39. The van der Waals surface area contributed by atoms with Crippen LogP contribution >= 0.6 is 23.2 Å². The molecule has 4 nitrogen and oxygen atoms in total. The summed E-state index contributed by atoms with van der Waals surface area (Å²) in [7, 11) is 0. The molecule has 0 fully saturated rings. The predicted octanol–water partition coefficient (Wildman–Crippen LogP) is 4.89. The summed E-state index contributed by atoms with van der Waals surface area (Å²) in [5, 5.41) is 8.13. The van der Waals surface area contributed by atoms with E-state index in [9.17, 15) is 4.79 Å². The van der Waals surface area contributed by atoms with Crippen molar-refractivity contribution < 1.29 is 4.79 Å². The first kappa shape index (κ1) is 17.3. The van der Waals surface area contributed by atoms with Crippen LogP contribution < -0.4 is 5.32 Å². The number of rotatable bonds is 5. The predicted molar refractivity (Wildman–Crippen MR) is 102 cm³/mol. The second kappa shape index (κ2) is 8.01. The molecular weight excluding hydrogens is 357 g/mol. The van der Waals surface area contributed by atoms with E-state index in [0.717, 1.165) is 16.8 Å². The molecule has 1 N–H and O–H groups in total. The van der Waals surface area contributed by atoms with Gasteiger partial charge in [-0.25, -0.2) is 0 Å². The van der Waals surface area contributed by atoms with Crippen molar-refractivity contribution in [3.8, 4) is 0 Å². The molecule has 25 heavy (non-hydrogen) atoms. The first-order valence-corrected chi connectivity index (χ1v) is 8.36. The van der Waals surface area contributed by atoms with Gasteiger partial charge >= 0.3 is 0 Å². The van der Waals surface area contributed by atoms with Crippen molar-refractivity contribution in [1.29, 1.82) is 0 Å². The molecule has 0 bridgehead atoms. The number of benzene rings is 2. The molecule has 0 unspecified atom stereocenters. The van der Waals surface area contributed by atoms with Crippen molar-refractivity contribution in [2.45, 2.75) is 6.54 Å². The average molecular weight is 372 g/mol. The molecule has 1 aromatic heterocycles. The van der Waals surface area contributed by atoms with Crippen LogP contribution in [-0.4, -0.2) is 15.7 Å². The van der Waals surface area contributed by atoms with Crippen molar-refractivity contribution in [2.24, 2.45) is 0 Å². The largest absolute Gasteiger partial charge is 0.322 e. The number of nitrogens with zero attached hydrogens (tertiary/aromatic N) is 2. The SMILES string of the molecule is O=C(C=Cc1cc(Cl)cc(Cl)c1)Nc1ccccc1Cn1cccn1. The van der Waals surface area contributed by atoms with Gasteiger partial charge in [0.05, 0.1) is 6.54 Å². The number of carbonyl (C=O) groups excluding carboxylic acids is 1. The second-order valence-corrected chi connectivity index (χ2v) is 6.26. The highest BCUT2D eigenvalue weighted by Gasteiger charge is 2.05. The smallest absolute Gasteiger partial charge is 0.248 e. The summed E-state index contributed by atoms with van der Waals surface area (Å²) >= 11 is 11.9. The van der Waals surface area contributed by atoms with Crippen LogP contribution in [-0.2, 0) is 11.3 Å². The fourth-order valence-corrected chi connectivity index (χ4v) is 2.91. The van der Waals surface area contributed by atoms with Gasteiger partial charge in [-0.15, -0.1) is 0 Å². The molecule has 0 spiro atoms. The number of hydrogen-bond acceptors (Lipinski definition) is 2. The van der Waals surface area contributed by atoms with E-state index in [1.54, 1.807) is 35.2 Å². The average Bonchev–Trinajstić information content (AvgIpc) is 3.07. The minimum atomic E-state index is -0.232. The molecule has 3 aromatic rings. The number of halogens is 2. The molecule has 1 heterocycles. The summed E-state index contributed by atoms with van der Waals surface area (Å²) < 4.78 is 1.80. The van der Waals surface area contributed by atoms with E-state index in [0.29, 0.717) is 16.6 Å². The fourth-order valence-electron chi connectivity index (χ4n) is 2.37. The first-order chi connectivity index (χ1) is 12.1. The highest BCUT2D eigenvalue weighted by Crippen LogP contribution is 2.20. The molecule has 0 aliphatic rings. The molecule has 6 heteroatoms.